The van der Waals surface area contributed by atoms with Crippen LogP contribution >= 0.6 is 7.92 Å². The summed E-state index contributed by atoms with van der Waals surface area (Å²) in [6.07, 6.45) is 35.2. The van der Waals surface area contributed by atoms with E-state index in [2.05, 4.69) is 148 Å². The maximum atomic E-state index is 2.54. The second-order valence-corrected chi connectivity index (χ2v) is 24.4. The van der Waals surface area contributed by atoms with Crippen molar-refractivity contribution < 1.29 is 16.2 Å². The molecule has 0 saturated heterocycles. The third kappa shape index (κ3) is 10.3. The number of imidazole rings is 1. The summed E-state index contributed by atoms with van der Waals surface area (Å²) in [6.45, 7) is 13.6. The van der Waals surface area contributed by atoms with Crippen LogP contribution in [0.2, 0.25) is 0 Å². The predicted octanol–water partition coefficient (Wildman–Crippen LogP) is 16.2. The average Bonchev–Trinajstić information content (AvgIpc) is 3.86. The first-order chi connectivity index (χ1) is 30.3. The molecule has 0 atom stereocenters. The van der Waals surface area contributed by atoms with Gasteiger partial charge in [0.25, 0.3) is 0 Å². The first kappa shape index (κ1) is 45.3. The van der Waals surface area contributed by atoms with Crippen molar-refractivity contribution in [1.29, 1.82) is 0 Å². The fraction of sp³-hybridized carbons (Fsp3) is 0.483. The summed E-state index contributed by atoms with van der Waals surface area (Å²) >= 11 is -0.309. The molecule has 62 heavy (non-hydrogen) atoms. The van der Waals surface area contributed by atoms with Crippen LogP contribution in [0, 0.1) is 31.7 Å². The summed E-state index contributed by atoms with van der Waals surface area (Å²) in [4.78, 5) is 0. The van der Waals surface area contributed by atoms with Gasteiger partial charge in [0.1, 0.15) is 0 Å². The molecule has 0 bridgehead atoms. The quantitative estimate of drug-likeness (QED) is 0.0976. The van der Waals surface area contributed by atoms with Crippen LogP contribution in [0.1, 0.15) is 173 Å². The van der Waals surface area contributed by atoms with Gasteiger partial charge in [0.05, 0.1) is 0 Å². The zero-order valence-corrected chi connectivity index (χ0v) is 41.7. The Morgan fingerprint density at radius 1 is 0.532 bits per heavy atom. The second kappa shape index (κ2) is 21.6. The van der Waals surface area contributed by atoms with Gasteiger partial charge in [-0.05, 0) is 55.5 Å². The predicted molar refractivity (Wildman–Crippen MR) is 267 cm³/mol. The molecule has 1 aromatic heterocycles. The van der Waals surface area contributed by atoms with Gasteiger partial charge in [-0.15, -0.1) is 0 Å². The minimum atomic E-state index is -0.309. The zero-order chi connectivity index (χ0) is 43.0. The number of aromatic nitrogens is 2. The zero-order valence-electron chi connectivity index (χ0n) is 39.1. The molecule has 1 heterocycles. The molecule has 0 spiro atoms. The van der Waals surface area contributed by atoms with Gasteiger partial charge >= 0.3 is 265 Å². The Hall–Kier alpha value is -3.25. The van der Waals surface area contributed by atoms with Gasteiger partial charge in [-0.25, -0.2) is 0 Å². The number of hydrogen-bond acceptors (Lipinski definition) is 0. The van der Waals surface area contributed by atoms with Crippen LogP contribution in [0.25, 0.3) is 16.9 Å². The Labute approximate surface area is 384 Å². The summed E-state index contributed by atoms with van der Waals surface area (Å²) in [5.41, 5.74) is 19.9. The fourth-order valence-corrected chi connectivity index (χ4v) is 18.9. The Morgan fingerprint density at radius 2 is 0.968 bits per heavy atom. The van der Waals surface area contributed by atoms with Gasteiger partial charge in [0, 0.05) is 0 Å². The van der Waals surface area contributed by atoms with Crippen LogP contribution in [-0.2, 0) is 29.1 Å². The van der Waals surface area contributed by atoms with Gasteiger partial charge in [0.15, 0.2) is 0 Å². The Morgan fingerprint density at radius 3 is 1.42 bits per heavy atom. The molecule has 0 amide bonds. The average molecular weight is 932 g/mol. The summed E-state index contributed by atoms with van der Waals surface area (Å²) in [5, 5.41) is 0. The van der Waals surface area contributed by atoms with Crippen LogP contribution in [-0.4, -0.2) is 30.2 Å². The van der Waals surface area contributed by atoms with Crippen LogP contribution in [0.15, 0.2) is 97.3 Å². The molecule has 5 aromatic rings. The van der Waals surface area contributed by atoms with E-state index in [1.807, 2.05) is 0 Å². The van der Waals surface area contributed by atoms with Gasteiger partial charge < -0.3 is 0 Å². The van der Waals surface area contributed by atoms with Gasteiger partial charge in [-0.2, -0.15) is 0 Å². The van der Waals surface area contributed by atoms with Crippen molar-refractivity contribution in [2.45, 2.75) is 181 Å². The first-order valence-electron chi connectivity index (χ1n) is 24.8. The number of aryl methyl sites for hydroxylation is 6. The van der Waals surface area contributed by atoms with E-state index >= 15 is 0 Å². The van der Waals surface area contributed by atoms with Crippen LogP contribution in [0.5, 0.6) is 0 Å². The van der Waals surface area contributed by atoms with E-state index in [4.69, 9.17) is 0 Å². The van der Waals surface area contributed by atoms with E-state index in [0.717, 1.165) is 25.7 Å². The van der Waals surface area contributed by atoms with Gasteiger partial charge in [-0.3, -0.25) is 0 Å². The molecule has 0 aliphatic heterocycles. The summed E-state index contributed by atoms with van der Waals surface area (Å²) in [5.74, 6) is 0. The molecule has 9 rings (SSSR count). The topological polar surface area (TPSA) is 9.86 Å². The third-order valence-corrected chi connectivity index (χ3v) is 20.8. The summed E-state index contributed by atoms with van der Waals surface area (Å²) in [7, 11) is 0.385. The van der Waals surface area contributed by atoms with Crippen molar-refractivity contribution in [3.8, 4) is 11.4 Å². The van der Waals surface area contributed by atoms with Crippen molar-refractivity contribution in [2.75, 3.05) is 0 Å². The van der Waals surface area contributed by atoms with Crippen LogP contribution < -0.4 is 0 Å². The monoisotopic (exact) mass is 932 g/mol. The molecular weight excluding hydrogens is 857 g/mol. The SMILES string of the molecule is C1CCC(P(C2CCCCC2)C2CCCCC2)CC1.CCCc1cc(C)cc(C)c1-n1ccn(-c2c(C)cc(C)cc2CCC)[c]1=[Ru]=[C]1C=C(c2ccccc2)c2ccccc21. The summed E-state index contributed by atoms with van der Waals surface area (Å²) < 4.78 is 7.92. The molecular formula is C58H75N2PRu. The number of nitrogens with zero attached hydrogens (tertiary/aromatic N) is 2. The molecule has 0 unspecified atom stereocenters. The van der Waals surface area contributed by atoms with E-state index in [1.165, 1.54) is 111 Å². The molecule has 0 N–H and O–H groups in total. The molecule has 330 valence electrons. The van der Waals surface area contributed by atoms with E-state index < -0.39 is 0 Å². The standard InChI is InChI=1S/C25H32N2.C18H33P.C15H10.Ru/c1-7-9-22-15-18(3)13-20(5)24(22)26-11-12-27(17-26)25-21(6)14-19(4)16-23(25)10-8-2;1-4-10-16(11-5-1)19(17-12-6-2-7-13-17)18-14-8-3-9-15-18;1-2-6-12(7-3-1)15-11-10-13-8-4-5-9-14(13)15;/h11-16H,7-10H2,1-6H3;16-18H,1-15H2;1-9,11H;. The van der Waals surface area contributed by atoms with Crippen molar-refractivity contribution in [3.63, 3.8) is 0 Å². The number of hydrogen-bond donors (Lipinski definition) is 0. The van der Waals surface area contributed by atoms with E-state index in [9.17, 15) is 0 Å². The number of rotatable bonds is 10. The van der Waals surface area contributed by atoms with Crippen molar-refractivity contribution in [1.82, 2.24) is 9.13 Å². The van der Waals surface area contributed by atoms with Gasteiger partial charge in [-0.1, -0.05) is 65.7 Å². The molecule has 4 aliphatic carbocycles. The molecule has 4 aromatic carbocycles. The van der Waals surface area contributed by atoms with Crippen molar-refractivity contribution >= 4 is 17.6 Å². The fourth-order valence-electron chi connectivity index (χ4n) is 11.7. The van der Waals surface area contributed by atoms with E-state index in [-0.39, 0.29) is 16.2 Å². The number of fused-ring (bicyclic) bond motifs is 1. The maximum absolute atomic E-state index is 2.54. The Balaban J connectivity index is 0.000000231. The van der Waals surface area contributed by atoms with Crippen molar-refractivity contribution in [3.05, 3.63) is 151 Å². The van der Waals surface area contributed by atoms with Crippen LogP contribution in [0.3, 0.4) is 0 Å². The van der Waals surface area contributed by atoms with E-state index in [1.54, 1.807) is 77.0 Å². The molecule has 4 aliphatic rings. The summed E-state index contributed by atoms with van der Waals surface area (Å²) in [6, 6.07) is 29.4. The molecule has 4 heteroatoms. The Kier molecular flexibility index (Phi) is 15.8. The molecule has 0 radical (unpaired) electrons. The number of allylic oxidation sites excluding steroid dienone is 1. The molecule has 3 saturated carbocycles. The third-order valence-electron chi connectivity index (χ3n) is 14.3. The Bertz CT molecular complexity index is 2300. The van der Waals surface area contributed by atoms with Crippen LogP contribution in [0.4, 0.5) is 0 Å². The molecule has 3 fully saturated rings. The second-order valence-electron chi connectivity index (χ2n) is 19.2. The number of benzene rings is 4. The normalized spacial score (nSPS) is 17.5. The van der Waals surface area contributed by atoms with Crippen molar-refractivity contribution in [2.24, 2.45) is 0 Å². The first-order valence-corrected chi connectivity index (χ1v) is 28.1. The van der Waals surface area contributed by atoms with Gasteiger partial charge in [0.2, 0.25) is 0 Å². The minimum absolute atomic E-state index is 0.309. The van der Waals surface area contributed by atoms with E-state index in [0.29, 0.717) is 7.92 Å². The molecule has 2 nitrogen and oxygen atoms in total.